The fourth-order valence-corrected chi connectivity index (χ4v) is 3.94. The van der Waals surface area contributed by atoms with E-state index < -0.39 is 0 Å². The molecule has 0 bridgehead atoms. The van der Waals surface area contributed by atoms with Crippen molar-refractivity contribution in [1.29, 1.82) is 0 Å². The first-order valence-corrected chi connectivity index (χ1v) is 10.4. The minimum Gasteiger partial charge on any atom is -0.383 e. The number of carbonyl (C=O) groups excluding carboxylic acids is 1. The molecular formula is C22H27N3O2S. The number of benzene rings is 2. The highest BCUT2D eigenvalue weighted by Gasteiger charge is 2.15. The third-order valence-electron chi connectivity index (χ3n) is 4.88. The average Bonchev–Trinajstić information content (AvgIpc) is 3.04. The molecular weight excluding hydrogens is 370 g/mol. The second-order valence-corrected chi connectivity index (χ2v) is 7.89. The molecule has 0 aliphatic rings. The van der Waals surface area contributed by atoms with Crippen molar-refractivity contribution < 1.29 is 9.53 Å². The van der Waals surface area contributed by atoms with Gasteiger partial charge < -0.3 is 14.6 Å². The summed E-state index contributed by atoms with van der Waals surface area (Å²) in [6.07, 6.45) is 0. The van der Waals surface area contributed by atoms with E-state index in [1.165, 1.54) is 22.9 Å². The molecule has 1 N–H and O–H groups in total. The van der Waals surface area contributed by atoms with Gasteiger partial charge in [0.25, 0.3) is 0 Å². The van der Waals surface area contributed by atoms with Gasteiger partial charge >= 0.3 is 0 Å². The molecule has 0 fully saturated rings. The predicted molar refractivity (Wildman–Crippen MR) is 115 cm³/mol. The van der Waals surface area contributed by atoms with Crippen LogP contribution in [0.2, 0.25) is 0 Å². The standard InChI is InChI=1S/C22H27N3O2S/c1-15-9-10-18(13-16(15)2)17(3)23-21(26)14-28-22-24-19-7-5-6-8-20(19)25(22)11-12-27-4/h5-10,13,17H,11-12,14H2,1-4H3,(H,23,26). The first-order chi connectivity index (χ1) is 13.5. The van der Waals surface area contributed by atoms with E-state index >= 15 is 0 Å². The second-order valence-electron chi connectivity index (χ2n) is 6.95. The van der Waals surface area contributed by atoms with Gasteiger partial charge in [-0.1, -0.05) is 42.1 Å². The van der Waals surface area contributed by atoms with E-state index in [2.05, 4.69) is 46.9 Å². The highest BCUT2D eigenvalue weighted by atomic mass is 32.2. The van der Waals surface area contributed by atoms with Crippen molar-refractivity contribution in [2.24, 2.45) is 0 Å². The number of nitrogens with one attached hydrogen (secondary N) is 1. The number of carbonyl (C=O) groups is 1. The van der Waals surface area contributed by atoms with Gasteiger partial charge in [0, 0.05) is 13.7 Å². The van der Waals surface area contributed by atoms with Crippen molar-refractivity contribution in [1.82, 2.24) is 14.9 Å². The monoisotopic (exact) mass is 397 g/mol. The van der Waals surface area contributed by atoms with Crippen LogP contribution in [0.15, 0.2) is 47.6 Å². The van der Waals surface area contributed by atoms with Gasteiger partial charge in [0.2, 0.25) is 5.91 Å². The molecule has 5 nitrogen and oxygen atoms in total. The highest BCUT2D eigenvalue weighted by Crippen LogP contribution is 2.24. The van der Waals surface area contributed by atoms with Gasteiger partial charge in [-0.15, -0.1) is 0 Å². The molecule has 1 heterocycles. The lowest BCUT2D eigenvalue weighted by atomic mass is 10.0. The number of thioether (sulfide) groups is 1. The van der Waals surface area contributed by atoms with Crippen molar-refractivity contribution in [2.45, 2.75) is 38.5 Å². The molecule has 1 aromatic heterocycles. The van der Waals surface area contributed by atoms with Crippen molar-refractivity contribution in [3.05, 3.63) is 59.2 Å². The van der Waals surface area contributed by atoms with Crippen molar-refractivity contribution in [3.8, 4) is 0 Å². The summed E-state index contributed by atoms with van der Waals surface area (Å²) in [4.78, 5) is 17.2. The normalized spacial score (nSPS) is 12.3. The third kappa shape index (κ3) is 4.75. The van der Waals surface area contributed by atoms with Crippen molar-refractivity contribution in [3.63, 3.8) is 0 Å². The summed E-state index contributed by atoms with van der Waals surface area (Å²) in [5, 5.41) is 3.93. The zero-order valence-corrected chi connectivity index (χ0v) is 17.7. The summed E-state index contributed by atoms with van der Waals surface area (Å²) >= 11 is 1.46. The van der Waals surface area contributed by atoms with Crippen LogP contribution in [0.5, 0.6) is 0 Å². The number of fused-ring (bicyclic) bond motifs is 1. The molecule has 28 heavy (non-hydrogen) atoms. The summed E-state index contributed by atoms with van der Waals surface area (Å²) in [7, 11) is 1.69. The van der Waals surface area contributed by atoms with Gasteiger partial charge in [-0.3, -0.25) is 4.79 Å². The molecule has 6 heteroatoms. The second kappa shape index (κ2) is 9.26. The van der Waals surface area contributed by atoms with E-state index in [0.717, 1.165) is 21.8 Å². The molecule has 0 radical (unpaired) electrons. The number of hydrogen-bond acceptors (Lipinski definition) is 4. The van der Waals surface area contributed by atoms with Gasteiger partial charge in [-0.2, -0.15) is 0 Å². The predicted octanol–water partition coefficient (Wildman–Crippen LogP) is 4.27. The number of rotatable bonds is 8. The Bertz CT molecular complexity index is 968. The van der Waals surface area contributed by atoms with E-state index in [1.807, 2.05) is 31.2 Å². The van der Waals surface area contributed by atoms with Crippen LogP contribution in [0.25, 0.3) is 11.0 Å². The fourth-order valence-electron chi connectivity index (χ4n) is 3.09. The SMILES string of the molecule is COCCn1c(SCC(=O)NC(C)c2ccc(C)c(C)c2)nc2ccccc21. The van der Waals surface area contributed by atoms with E-state index in [4.69, 9.17) is 4.74 Å². The average molecular weight is 398 g/mol. The highest BCUT2D eigenvalue weighted by molar-refractivity contribution is 7.99. The molecule has 0 aliphatic carbocycles. The Morgan fingerprint density at radius 3 is 2.75 bits per heavy atom. The number of amides is 1. The first kappa shape index (κ1) is 20.4. The maximum atomic E-state index is 12.5. The molecule has 148 valence electrons. The molecule has 3 rings (SSSR count). The van der Waals surface area contributed by atoms with Crippen LogP contribution in [-0.2, 0) is 16.1 Å². The molecule has 0 aliphatic heterocycles. The Morgan fingerprint density at radius 1 is 1.21 bits per heavy atom. The molecule has 0 spiro atoms. The largest absolute Gasteiger partial charge is 0.383 e. The maximum absolute atomic E-state index is 12.5. The van der Waals surface area contributed by atoms with E-state index in [-0.39, 0.29) is 11.9 Å². The van der Waals surface area contributed by atoms with Crippen LogP contribution in [0.4, 0.5) is 0 Å². The van der Waals surface area contributed by atoms with Crippen LogP contribution >= 0.6 is 11.8 Å². The van der Waals surface area contributed by atoms with Crippen LogP contribution in [0, 0.1) is 13.8 Å². The zero-order valence-electron chi connectivity index (χ0n) is 16.9. The lowest BCUT2D eigenvalue weighted by Gasteiger charge is -2.16. The van der Waals surface area contributed by atoms with Crippen LogP contribution in [0.3, 0.4) is 0 Å². The summed E-state index contributed by atoms with van der Waals surface area (Å²) in [6, 6.07) is 14.3. The lowest BCUT2D eigenvalue weighted by molar-refractivity contribution is -0.119. The summed E-state index contributed by atoms with van der Waals surface area (Å²) in [6.45, 7) is 7.51. The number of aromatic nitrogens is 2. The molecule has 1 atom stereocenters. The number of imidazole rings is 1. The Kier molecular flexibility index (Phi) is 6.75. The molecule has 1 unspecified atom stereocenters. The summed E-state index contributed by atoms with van der Waals surface area (Å²) in [5.41, 5.74) is 5.61. The van der Waals surface area contributed by atoms with Gasteiger partial charge in [0.05, 0.1) is 29.4 Å². The third-order valence-corrected chi connectivity index (χ3v) is 5.86. The topological polar surface area (TPSA) is 56.1 Å². The molecule has 0 saturated heterocycles. The minimum atomic E-state index is -0.0280. The molecule has 2 aromatic carbocycles. The van der Waals surface area contributed by atoms with Crippen molar-refractivity contribution >= 4 is 28.7 Å². The zero-order chi connectivity index (χ0) is 20.1. The summed E-state index contributed by atoms with van der Waals surface area (Å²) < 4.78 is 7.34. The number of hydrogen-bond donors (Lipinski definition) is 1. The van der Waals surface area contributed by atoms with Crippen LogP contribution in [0.1, 0.15) is 29.7 Å². The van der Waals surface area contributed by atoms with Crippen LogP contribution in [-0.4, -0.2) is 34.9 Å². The number of methoxy groups -OCH3 is 1. The number of aryl methyl sites for hydroxylation is 2. The first-order valence-electron chi connectivity index (χ1n) is 9.43. The van der Waals surface area contributed by atoms with Gasteiger partial charge in [-0.25, -0.2) is 4.98 Å². The Balaban J connectivity index is 1.66. The maximum Gasteiger partial charge on any atom is 0.230 e. The fraction of sp³-hybridized carbons (Fsp3) is 0.364. The van der Waals surface area contributed by atoms with E-state index in [0.29, 0.717) is 18.9 Å². The molecule has 1 amide bonds. The van der Waals surface area contributed by atoms with Gasteiger partial charge in [0.1, 0.15) is 0 Å². The quantitative estimate of drug-likeness (QED) is 0.577. The number of ether oxygens (including phenoxy) is 1. The Morgan fingerprint density at radius 2 is 2.00 bits per heavy atom. The minimum absolute atomic E-state index is 0.000996. The van der Waals surface area contributed by atoms with Gasteiger partial charge in [0.15, 0.2) is 5.16 Å². The van der Waals surface area contributed by atoms with Crippen molar-refractivity contribution in [2.75, 3.05) is 19.5 Å². The van der Waals surface area contributed by atoms with Crippen LogP contribution < -0.4 is 5.32 Å². The molecule has 3 aromatic rings. The Hall–Kier alpha value is -2.31. The number of para-hydroxylation sites is 2. The lowest BCUT2D eigenvalue weighted by Crippen LogP contribution is -2.28. The smallest absolute Gasteiger partial charge is 0.230 e. The number of nitrogens with zero attached hydrogens (tertiary/aromatic N) is 2. The molecule has 0 saturated carbocycles. The van der Waals surface area contributed by atoms with E-state index in [1.54, 1.807) is 7.11 Å². The van der Waals surface area contributed by atoms with Gasteiger partial charge in [-0.05, 0) is 49.6 Å². The summed E-state index contributed by atoms with van der Waals surface area (Å²) in [5.74, 6) is 0.326. The van der Waals surface area contributed by atoms with E-state index in [9.17, 15) is 4.79 Å². The Labute approximate surface area is 170 Å².